The van der Waals surface area contributed by atoms with Gasteiger partial charge in [0.05, 0.1) is 0 Å². The van der Waals surface area contributed by atoms with Crippen LogP contribution < -0.4 is 0 Å². The summed E-state index contributed by atoms with van der Waals surface area (Å²) in [6.07, 6.45) is 3.04. The summed E-state index contributed by atoms with van der Waals surface area (Å²) in [6.45, 7) is 11.5. The lowest BCUT2D eigenvalue weighted by molar-refractivity contribution is 1.20. The first-order valence-electron chi connectivity index (χ1n) is 2.76. The van der Waals surface area contributed by atoms with E-state index in [0.717, 1.165) is 12.0 Å². The Balaban J connectivity index is 3.45. The van der Waals surface area contributed by atoms with E-state index >= 15 is 0 Å². The standard InChI is InChI=1S/C8H13/c1-7(2)5-6-8(3)4/h5H,1,3,6H2,2,4H3. The highest BCUT2D eigenvalue weighted by Gasteiger charge is 1.78. The summed E-state index contributed by atoms with van der Waals surface area (Å²) in [5.74, 6) is 0. The first kappa shape index (κ1) is 7.48. The summed E-state index contributed by atoms with van der Waals surface area (Å²) in [7, 11) is 0. The maximum Gasteiger partial charge on any atom is -0.0142 e. The van der Waals surface area contributed by atoms with Gasteiger partial charge in [-0.05, 0) is 27.2 Å². The van der Waals surface area contributed by atoms with Gasteiger partial charge in [0.1, 0.15) is 0 Å². The molecule has 0 N–H and O–H groups in total. The lowest BCUT2D eigenvalue weighted by atomic mass is 10.2. The molecule has 0 bridgehead atoms. The highest BCUT2D eigenvalue weighted by atomic mass is 13.9. The summed E-state index contributed by atoms with van der Waals surface area (Å²) in [6, 6.07) is 0. The van der Waals surface area contributed by atoms with E-state index in [4.69, 9.17) is 0 Å². The molecule has 8 heavy (non-hydrogen) atoms. The average Bonchev–Trinajstić information content (AvgIpc) is 1.61. The molecule has 0 saturated heterocycles. The van der Waals surface area contributed by atoms with Crippen molar-refractivity contribution >= 4 is 0 Å². The van der Waals surface area contributed by atoms with Gasteiger partial charge >= 0.3 is 0 Å². The van der Waals surface area contributed by atoms with Crippen LogP contribution in [0, 0.1) is 6.92 Å². The lowest BCUT2D eigenvalue weighted by Gasteiger charge is -1.89. The Bertz CT molecular complexity index is 103. The first-order valence-corrected chi connectivity index (χ1v) is 2.76. The molecule has 0 saturated carbocycles. The third-order valence-electron chi connectivity index (χ3n) is 0.799. The molecule has 0 aromatic heterocycles. The quantitative estimate of drug-likeness (QED) is 0.478. The molecular weight excluding hydrogens is 96.1 g/mol. The predicted molar refractivity (Wildman–Crippen MR) is 38.5 cm³/mol. The van der Waals surface area contributed by atoms with Gasteiger partial charge in [-0.25, -0.2) is 0 Å². The van der Waals surface area contributed by atoms with E-state index in [1.54, 1.807) is 0 Å². The van der Waals surface area contributed by atoms with Gasteiger partial charge in [-0.2, -0.15) is 0 Å². The zero-order valence-electron chi connectivity index (χ0n) is 5.70. The van der Waals surface area contributed by atoms with Crippen molar-refractivity contribution in [3.63, 3.8) is 0 Å². The van der Waals surface area contributed by atoms with E-state index < -0.39 is 0 Å². The van der Waals surface area contributed by atoms with E-state index in [1.165, 1.54) is 5.57 Å². The fourth-order valence-electron chi connectivity index (χ4n) is 0.348. The van der Waals surface area contributed by atoms with Crippen molar-refractivity contribution in [2.45, 2.75) is 20.3 Å². The van der Waals surface area contributed by atoms with E-state index in [2.05, 4.69) is 19.6 Å². The molecule has 45 valence electrons. The maximum absolute atomic E-state index is 3.75. The Kier molecular flexibility index (Phi) is 3.25. The Morgan fingerprint density at radius 2 is 2.00 bits per heavy atom. The van der Waals surface area contributed by atoms with Gasteiger partial charge in [-0.15, -0.1) is 0 Å². The molecule has 0 fully saturated rings. The van der Waals surface area contributed by atoms with Gasteiger partial charge in [-0.3, -0.25) is 0 Å². The lowest BCUT2D eigenvalue weighted by Crippen LogP contribution is -1.69. The van der Waals surface area contributed by atoms with Crippen molar-refractivity contribution in [2.75, 3.05) is 0 Å². The van der Waals surface area contributed by atoms with Crippen molar-refractivity contribution in [2.24, 2.45) is 0 Å². The normalized spacial score (nSPS) is 11.6. The molecule has 0 aliphatic rings. The first-order chi connectivity index (χ1) is 3.63. The highest BCUT2D eigenvalue weighted by Crippen LogP contribution is 1.99. The second-order valence-corrected chi connectivity index (χ2v) is 2.21. The van der Waals surface area contributed by atoms with E-state index in [0.29, 0.717) is 0 Å². The van der Waals surface area contributed by atoms with Crippen LogP contribution in [-0.2, 0) is 0 Å². The molecular formula is C8H13. The monoisotopic (exact) mass is 109 g/mol. The smallest absolute Gasteiger partial charge is 0.0142 e. The molecule has 0 spiro atoms. The molecule has 0 aliphatic carbocycles. The second-order valence-electron chi connectivity index (χ2n) is 2.21. The van der Waals surface area contributed by atoms with Crippen LogP contribution in [0.1, 0.15) is 20.3 Å². The molecule has 0 aliphatic heterocycles. The zero-order chi connectivity index (χ0) is 6.57. The maximum atomic E-state index is 3.75. The SMILES string of the molecule is [CH2]C(C)=CCC(=C)C. The Morgan fingerprint density at radius 3 is 2.12 bits per heavy atom. The van der Waals surface area contributed by atoms with Crippen LogP contribution >= 0.6 is 0 Å². The van der Waals surface area contributed by atoms with Crippen LogP contribution in [0.3, 0.4) is 0 Å². The van der Waals surface area contributed by atoms with Gasteiger partial charge in [0.2, 0.25) is 0 Å². The molecule has 0 nitrogen and oxygen atoms in total. The molecule has 0 heteroatoms. The Hall–Kier alpha value is -0.520. The van der Waals surface area contributed by atoms with E-state index in [-0.39, 0.29) is 0 Å². The summed E-state index contributed by atoms with van der Waals surface area (Å²) in [5, 5.41) is 0. The van der Waals surface area contributed by atoms with Crippen LogP contribution in [0.4, 0.5) is 0 Å². The number of hydrogen-bond donors (Lipinski definition) is 0. The molecule has 0 aromatic rings. The number of allylic oxidation sites excluding steroid dienone is 3. The molecule has 0 aromatic carbocycles. The van der Waals surface area contributed by atoms with Gasteiger partial charge in [-0.1, -0.05) is 23.8 Å². The summed E-state index contributed by atoms with van der Waals surface area (Å²) in [4.78, 5) is 0. The van der Waals surface area contributed by atoms with Crippen LogP contribution in [0.5, 0.6) is 0 Å². The summed E-state index contributed by atoms with van der Waals surface area (Å²) >= 11 is 0. The molecule has 0 rings (SSSR count). The van der Waals surface area contributed by atoms with Crippen molar-refractivity contribution in [1.82, 2.24) is 0 Å². The van der Waals surface area contributed by atoms with Gasteiger partial charge < -0.3 is 0 Å². The third kappa shape index (κ3) is 5.48. The van der Waals surface area contributed by atoms with Gasteiger partial charge in [0, 0.05) is 0 Å². The van der Waals surface area contributed by atoms with Crippen molar-refractivity contribution in [3.8, 4) is 0 Å². The van der Waals surface area contributed by atoms with Crippen molar-refractivity contribution < 1.29 is 0 Å². The van der Waals surface area contributed by atoms with Crippen LogP contribution in [0.15, 0.2) is 23.8 Å². The Morgan fingerprint density at radius 1 is 1.50 bits per heavy atom. The van der Waals surface area contributed by atoms with Crippen molar-refractivity contribution in [3.05, 3.63) is 30.7 Å². The fourth-order valence-corrected chi connectivity index (χ4v) is 0.348. The van der Waals surface area contributed by atoms with Crippen molar-refractivity contribution in [1.29, 1.82) is 0 Å². The molecule has 1 radical (unpaired) electrons. The highest BCUT2D eigenvalue weighted by molar-refractivity contribution is 5.07. The zero-order valence-corrected chi connectivity index (χ0v) is 5.70. The minimum Gasteiger partial charge on any atom is -0.0998 e. The molecule has 0 atom stereocenters. The number of hydrogen-bond acceptors (Lipinski definition) is 0. The third-order valence-corrected chi connectivity index (χ3v) is 0.799. The summed E-state index contributed by atoms with van der Waals surface area (Å²) in [5.41, 5.74) is 2.31. The Labute approximate surface area is 51.9 Å². The number of rotatable bonds is 2. The van der Waals surface area contributed by atoms with Crippen LogP contribution in [0.25, 0.3) is 0 Å². The molecule has 0 unspecified atom stereocenters. The van der Waals surface area contributed by atoms with E-state index in [1.807, 2.05) is 13.8 Å². The van der Waals surface area contributed by atoms with E-state index in [9.17, 15) is 0 Å². The molecule has 0 heterocycles. The molecule has 0 amide bonds. The summed E-state index contributed by atoms with van der Waals surface area (Å²) < 4.78 is 0. The van der Waals surface area contributed by atoms with Crippen LogP contribution in [0.2, 0.25) is 0 Å². The largest absolute Gasteiger partial charge is 0.0998 e. The topological polar surface area (TPSA) is 0 Å². The average molecular weight is 109 g/mol. The van der Waals surface area contributed by atoms with Gasteiger partial charge in [0.15, 0.2) is 0 Å². The minimum atomic E-state index is 0.968. The predicted octanol–water partition coefficient (Wildman–Crippen LogP) is 2.73. The fraction of sp³-hybridized carbons (Fsp3) is 0.375. The van der Waals surface area contributed by atoms with Crippen LogP contribution in [-0.4, -0.2) is 0 Å². The van der Waals surface area contributed by atoms with Gasteiger partial charge in [0.25, 0.3) is 0 Å². The second kappa shape index (κ2) is 3.48. The minimum absolute atomic E-state index is 0.968.